The van der Waals surface area contributed by atoms with Crippen LogP contribution in [0.2, 0.25) is 0 Å². The van der Waals surface area contributed by atoms with Crippen LogP contribution < -0.4 is 9.47 Å². The molecule has 1 aromatic heterocycles. The molecule has 0 saturated heterocycles. The van der Waals surface area contributed by atoms with E-state index in [1.54, 1.807) is 0 Å². The van der Waals surface area contributed by atoms with Gasteiger partial charge in [0.25, 0.3) is 0 Å². The zero-order valence-electron chi connectivity index (χ0n) is 13.3. The number of benzene rings is 1. The molecule has 0 atom stereocenters. The largest absolute Gasteiger partial charge is 0.477 e. The Bertz CT molecular complexity index is 702. The number of nitrogens with zero attached hydrogens (tertiary/aromatic N) is 1. The topological polar surface area (TPSA) is 68.7 Å². The van der Waals surface area contributed by atoms with E-state index in [9.17, 15) is 22.4 Å². The Labute approximate surface area is 140 Å². The molecule has 9 heteroatoms. The molecule has 0 saturated carbocycles. The lowest BCUT2D eigenvalue weighted by atomic mass is 10.2. The zero-order valence-corrected chi connectivity index (χ0v) is 13.3. The van der Waals surface area contributed by atoms with Crippen LogP contribution in [0.15, 0.2) is 36.4 Å². The molecule has 1 aromatic carbocycles. The van der Waals surface area contributed by atoms with E-state index in [-0.39, 0.29) is 11.3 Å². The smallest absolute Gasteiger partial charge is 0.422 e. The van der Waals surface area contributed by atoms with E-state index >= 15 is 0 Å². The lowest BCUT2D eigenvalue weighted by molar-refractivity contribution is -0.154. The third kappa shape index (κ3) is 6.66. The Hall–Kier alpha value is -2.84. The summed E-state index contributed by atoms with van der Waals surface area (Å²) in [4.78, 5) is 14.7. The van der Waals surface area contributed by atoms with Gasteiger partial charge >= 0.3 is 12.1 Å². The number of pyridine rings is 1. The highest BCUT2D eigenvalue weighted by Crippen LogP contribution is 2.27. The average molecular weight is 361 g/mol. The number of aromatic carboxylic acids is 1. The summed E-state index contributed by atoms with van der Waals surface area (Å²) in [5, 5.41) is 9.04. The van der Waals surface area contributed by atoms with Crippen LogP contribution in [0.4, 0.5) is 17.6 Å². The maximum atomic E-state index is 12.8. The normalized spacial score (nSPS) is 10.5. The van der Waals surface area contributed by atoms with Crippen molar-refractivity contribution in [3.05, 3.63) is 47.8 Å². The summed E-state index contributed by atoms with van der Waals surface area (Å²) >= 11 is 0. The number of carboxylic acids is 1. The Balaban J connectivity index is 0.00000151. The van der Waals surface area contributed by atoms with Crippen molar-refractivity contribution in [3.8, 4) is 17.5 Å². The summed E-state index contributed by atoms with van der Waals surface area (Å²) in [6.07, 6.45) is -4.56. The van der Waals surface area contributed by atoms with Gasteiger partial charge in [-0.2, -0.15) is 18.2 Å². The van der Waals surface area contributed by atoms with Crippen molar-refractivity contribution in [1.82, 2.24) is 4.98 Å². The highest BCUT2D eigenvalue weighted by molar-refractivity contribution is 5.90. The van der Waals surface area contributed by atoms with Crippen molar-refractivity contribution in [2.75, 3.05) is 6.61 Å². The Morgan fingerprint density at radius 2 is 1.72 bits per heavy atom. The number of rotatable bonds is 5. The molecule has 25 heavy (non-hydrogen) atoms. The fraction of sp³-hybridized carbons (Fsp3) is 0.250. The number of carboxylic acid groups (broad SMARTS) is 1. The molecule has 5 nitrogen and oxygen atoms in total. The van der Waals surface area contributed by atoms with E-state index in [0.717, 1.165) is 24.3 Å². The molecule has 2 rings (SSSR count). The second-order valence-electron chi connectivity index (χ2n) is 4.27. The minimum absolute atomic E-state index is 0.0642. The van der Waals surface area contributed by atoms with E-state index in [1.165, 1.54) is 12.1 Å². The molecule has 2 aromatic rings. The number of alkyl halides is 3. The number of aromatic nitrogens is 1. The second kappa shape index (κ2) is 8.86. The molecule has 0 amide bonds. The molecule has 1 N–H and O–H groups in total. The van der Waals surface area contributed by atoms with Crippen LogP contribution in [0, 0.1) is 5.82 Å². The lowest BCUT2D eigenvalue weighted by Crippen LogP contribution is -2.19. The van der Waals surface area contributed by atoms with Crippen LogP contribution in [-0.4, -0.2) is 28.8 Å². The first kappa shape index (κ1) is 20.2. The summed E-state index contributed by atoms with van der Waals surface area (Å²) in [7, 11) is 0. The fourth-order valence-electron chi connectivity index (χ4n) is 1.51. The predicted octanol–water partition coefficient (Wildman–Crippen LogP) is 4.68. The summed E-state index contributed by atoms with van der Waals surface area (Å²) in [6, 6.07) is 6.55. The quantitative estimate of drug-likeness (QED) is 0.783. The van der Waals surface area contributed by atoms with Crippen LogP contribution in [0.25, 0.3) is 0 Å². The molecule has 0 bridgehead atoms. The molecule has 0 fully saturated rings. The van der Waals surface area contributed by atoms with E-state index in [4.69, 9.17) is 9.84 Å². The molecule has 0 radical (unpaired) electrons. The molecule has 0 aliphatic heterocycles. The molecule has 0 aliphatic carbocycles. The van der Waals surface area contributed by atoms with E-state index in [1.807, 2.05) is 13.8 Å². The average Bonchev–Trinajstić information content (AvgIpc) is 2.56. The van der Waals surface area contributed by atoms with E-state index in [0.29, 0.717) is 0 Å². The van der Waals surface area contributed by atoms with Gasteiger partial charge in [0.1, 0.15) is 17.1 Å². The Kier molecular flexibility index (Phi) is 7.16. The van der Waals surface area contributed by atoms with Gasteiger partial charge in [0.15, 0.2) is 6.61 Å². The van der Waals surface area contributed by atoms with Gasteiger partial charge in [-0.05, 0) is 30.3 Å². The van der Waals surface area contributed by atoms with Gasteiger partial charge in [-0.1, -0.05) is 13.8 Å². The number of carbonyl (C=O) groups is 1. The monoisotopic (exact) mass is 361 g/mol. The number of hydrogen-bond acceptors (Lipinski definition) is 4. The molecular formula is C16H15F4NO4. The molecular weight excluding hydrogens is 346 g/mol. The van der Waals surface area contributed by atoms with Gasteiger partial charge < -0.3 is 14.6 Å². The minimum Gasteiger partial charge on any atom is -0.477 e. The standard InChI is InChI=1S/C14H9F4NO4.C2H6/c15-8-1-3-9(4-2-8)23-12-10(13(20)21)5-6-11(19-12)22-7-14(16,17)18;1-2/h1-6H,7H2,(H,20,21);1-2H3. The van der Waals surface area contributed by atoms with Crippen LogP contribution >= 0.6 is 0 Å². The molecule has 136 valence electrons. The van der Waals surface area contributed by atoms with Gasteiger partial charge in [-0.25, -0.2) is 9.18 Å². The molecule has 0 spiro atoms. The first-order valence-corrected chi connectivity index (χ1v) is 7.12. The van der Waals surface area contributed by atoms with Crippen molar-refractivity contribution in [3.63, 3.8) is 0 Å². The Morgan fingerprint density at radius 3 is 2.24 bits per heavy atom. The van der Waals surface area contributed by atoms with Crippen LogP contribution in [-0.2, 0) is 0 Å². The van der Waals surface area contributed by atoms with Crippen LogP contribution in [0.5, 0.6) is 17.5 Å². The first-order chi connectivity index (χ1) is 11.7. The predicted molar refractivity (Wildman–Crippen MR) is 80.6 cm³/mol. The van der Waals surface area contributed by atoms with Gasteiger partial charge in [0.05, 0.1) is 0 Å². The minimum atomic E-state index is -4.56. The van der Waals surface area contributed by atoms with Crippen molar-refractivity contribution >= 4 is 5.97 Å². The van der Waals surface area contributed by atoms with Crippen molar-refractivity contribution in [2.45, 2.75) is 20.0 Å². The first-order valence-electron chi connectivity index (χ1n) is 7.12. The number of ether oxygens (including phenoxy) is 2. The van der Waals surface area contributed by atoms with Crippen LogP contribution in [0.1, 0.15) is 24.2 Å². The third-order valence-electron chi connectivity index (χ3n) is 2.48. The summed E-state index contributed by atoms with van der Waals surface area (Å²) in [5.41, 5.74) is -0.381. The highest BCUT2D eigenvalue weighted by Gasteiger charge is 2.29. The SMILES string of the molecule is CC.O=C(O)c1ccc(OCC(F)(F)F)nc1Oc1ccc(F)cc1. The number of halogens is 4. The highest BCUT2D eigenvalue weighted by atomic mass is 19.4. The van der Waals surface area contributed by atoms with Gasteiger partial charge in [0, 0.05) is 6.07 Å². The van der Waals surface area contributed by atoms with Gasteiger partial charge in [0.2, 0.25) is 11.8 Å². The lowest BCUT2D eigenvalue weighted by Gasteiger charge is -2.11. The van der Waals surface area contributed by atoms with E-state index in [2.05, 4.69) is 9.72 Å². The second-order valence-corrected chi connectivity index (χ2v) is 4.27. The van der Waals surface area contributed by atoms with E-state index < -0.39 is 36.3 Å². The summed E-state index contributed by atoms with van der Waals surface area (Å²) < 4.78 is 58.8. The van der Waals surface area contributed by atoms with Gasteiger partial charge in [-0.3, -0.25) is 0 Å². The zero-order chi connectivity index (χ0) is 19.0. The molecule has 1 heterocycles. The van der Waals surface area contributed by atoms with Crippen molar-refractivity contribution in [2.24, 2.45) is 0 Å². The van der Waals surface area contributed by atoms with Crippen molar-refractivity contribution < 1.29 is 36.9 Å². The molecule has 0 unspecified atom stereocenters. The Morgan fingerprint density at radius 1 is 1.12 bits per heavy atom. The maximum absolute atomic E-state index is 12.8. The summed E-state index contributed by atoms with van der Waals surface area (Å²) in [5.74, 6) is -2.79. The fourth-order valence-corrected chi connectivity index (χ4v) is 1.51. The van der Waals surface area contributed by atoms with Gasteiger partial charge in [-0.15, -0.1) is 0 Å². The summed E-state index contributed by atoms with van der Waals surface area (Å²) in [6.45, 7) is 2.42. The van der Waals surface area contributed by atoms with Crippen LogP contribution in [0.3, 0.4) is 0 Å². The van der Waals surface area contributed by atoms with Crippen molar-refractivity contribution in [1.29, 1.82) is 0 Å². The maximum Gasteiger partial charge on any atom is 0.422 e. The third-order valence-corrected chi connectivity index (χ3v) is 2.48. The molecule has 0 aliphatic rings. The number of hydrogen-bond donors (Lipinski definition) is 1.